The minimum absolute atomic E-state index is 0.732. The minimum Gasteiger partial charge on any atom is -0.477 e. The number of nitrogens with one attached hydrogen (secondary N) is 1. The number of pyridine rings is 1. The van der Waals surface area contributed by atoms with Crippen molar-refractivity contribution in [3.63, 3.8) is 0 Å². The van der Waals surface area contributed by atoms with Crippen LogP contribution in [0.5, 0.6) is 5.88 Å². The van der Waals surface area contributed by atoms with Gasteiger partial charge in [-0.1, -0.05) is 6.07 Å². The van der Waals surface area contributed by atoms with Crippen molar-refractivity contribution in [2.24, 2.45) is 5.92 Å². The summed E-state index contributed by atoms with van der Waals surface area (Å²) in [5.74, 6) is 2.40. The lowest BCUT2D eigenvalue weighted by Crippen LogP contribution is -2.03. The second-order valence-electron chi connectivity index (χ2n) is 3.65. The van der Waals surface area contributed by atoms with Gasteiger partial charge in [0.15, 0.2) is 0 Å². The molecule has 0 bridgehead atoms. The van der Waals surface area contributed by atoms with E-state index in [1.165, 1.54) is 12.8 Å². The van der Waals surface area contributed by atoms with Gasteiger partial charge in [-0.3, -0.25) is 0 Å². The SMILES string of the molecule is CCNc1cccc(OCC2CC2)n1. The van der Waals surface area contributed by atoms with E-state index in [-0.39, 0.29) is 0 Å². The first-order chi connectivity index (χ1) is 6.88. The molecule has 1 aromatic heterocycles. The Bertz CT molecular complexity index is 297. The van der Waals surface area contributed by atoms with E-state index in [1.807, 2.05) is 18.2 Å². The van der Waals surface area contributed by atoms with Crippen LogP contribution >= 0.6 is 0 Å². The van der Waals surface area contributed by atoms with E-state index in [0.717, 1.165) is 30.8 Å². The zero-order valence-corrected chi connectivity index (χ0v) is 8.49. The first kappa shape index (κ1) is 9.31. The Labute approximate surface area is 84.5 Å². The third-order valence-electron chi connectivity index (χ3n) is 2.25. The van der Waals surface area contributed by atoms with Crippen molar-refractivity contribution in [1.29, 1.82) is 0 Å². The van der Waals surface area contributed by atoms with Gasteiger partial charge in [0.25, 0.3) is 0 Å². The fraction of sp³-hybridized carbons (Fsp3) is 0.545. The molecule has 1 aliphatic carbocycles. The van der Waals surface area contributed by atoms with Crippen LogP contribution in [0.15, 0.2) is 18.2 Å². The highest BCUT2D eigenvalue weighted by molar-refractivity contribution is 5.36. The maximum absolute atomic E-state index is 5.57. The van der Waals surface area contributed by atoms with E-state index in [4.69, 9.17) is 4.74 Å². The summed E-state index contributed by atoms with van der Waals surface area (Å²) in [6.07, 6.45) is 2.62. The molecule has 1 aromatic rings. The maximum Gasteiger partial charge on any atom is 0.215 e. The highest BCUT2D eigenvalue weighted by Crippen LogP contribution is 2.29. The quantitative estimate of drug-likeness (QED) is 0.777. The van der Waals surface area contributed by atoms with E-state index in [2.05, 4.69) is 17.2 Å². The van der Waals surface area contributed by atoms with Gasteiger partial charge in [0.1, 0.15) is 5.82 Å². The predicted octanol–water partition coefficient (Wildman–Crippen LogP) is 2.30. The van der Waals surface area contributed by atoms with Crippen LogP contribution in [0, 0.1) is 5.92 Å². The molecule has 1 heterocycles. The fourth-order valence-electron chi connectivity index (χ4n) is 1.26. The van der Waals surface area contributed by atoms with Crippen molar-refractivity contribution >= 4 is 5.82 Å². The summed E-state index contributed by atoms with van der Waals surface area (Å²) in [7, 11) is 0. The summed E-state index contributed by atoms with van der Waals surface area (Å²) >= 11 is 0. The maximum atomic E-state index is 5.57. The molecule has 2 rings (SSSR count). The van der Waals surface area contributed by atoms with Gasteiger partial charge in [0.2, 0.25) is 5.88 Å². The summed E-state index contributed by atoms with van der Waals surface area (Å²) < 4.78 is 5.57. The number of hydrogen-bond donors (Lipinski definition) is 1. The van der Waals surface area contributed by atoms with Gasteiger partial charge in [-0.05, 0) is 31.7 Å². The summed E-state index contributed by atoms with van der Waals surface area (Å²) in [5.41, 5.74) is 0. The Morgan fingerprint density at radius 3 is 3.07 bits per heavy atom. The van der Waals surface area contributed by atoms with Gasteiger partial charge in [-0.2, -0.15) is 4.98 Å². The number of hydrogen-bond acceptors (Lipinski definition) is 3. The second kappa shape index (κ2) is 4.31. The third-order valence-corrected chi connectivity index (χ3v) is 2.25. The first-order valence-corrected chi connectivity index (χ1v) is 5.22. The standard InChI is InChI=1S/C11H16N2O/c1-2-12-10-4-3-5-11(13-10)14-8-9-6-7-9/h3-5,9H,2,6-8H2,1H3,(H,12,13). The van der Waals surface area contributed by atoms with Crippen LogP contribution in [-0.4, -0.2) is 18.1 Å². The van der Waals surface area contributed by atoms with Gasteiger partial charge in [0, 0.05) is 12.6 Å². The van der Waals surface area contributed by atoms with Crippen molar-refractivity contribution in [2.45, 2.75) is 19.8 Å². The van der Waals surface area contributed by atoms with Crippen LogP contribution < -0.4 is 10.1 Å². The van der Waals surface area contributed by atoms with E-state index < -0.39 is 0 Å². The summed E-state index contributed by atoms with van der Waals surface area (Å²) in [4.78, 5) is 4.33. The molecule has 0 spiro atoms. The Balaban J connectivity index is 1.90. The number of aromatic nitrogens is 1. The van der Waals surface area contributed by atoms with E-state index in [1.54, 1.807) is 0 Å². The number of ether oxygens (including phenoxy) is 1. The van der Waals surface area contributed by atoms with Crippen molar-refractivity contribution in [3.8, 4) is 5.88 Å². The zero-order chi connectivity index (χ0) is 9.80. The van der Waals surface area contributed by atoms with Crippen LogP contribution in [0.3, 0.4) is 0 Å². The Morgan fingerprint density at radius 2 is 2.36 bits per heavy atom. The van der Waals surface area contributed by atoms with Crippen LogP contribution in [-0.2, 0) is 0 Å². The monoisotopic (exact) mass is 192 g/mol. The molecule has 0 amide bonds. The molecule has 1 N–H and O–H groups in total. The van der Waals surface area contributed by atoms with Crippen LogP contribution in [0.1, 0.15) is 19.8 Å². The van der Waals surface area contributed by atoms with E-state index in [0.29, 0.717) is 0 Å². The molecule has 1 saturated carbocycles. The number of nitrogens with zero attached hydrogens (tertiary/aromatic N) is 1. The highest BCUT2D eigenvalue weighted by atomic mass is 16.5. The molecule has 14 heavy (non-hydrogen) atoms. The Kier molecular flexibility index (Phi) is 2.87. The predicted molar refractivity (Wildman–Crippen MR) is 56.6 cm³/mol. The molecule has 76 valence electrons. The van der Waals surface area contributed by atoms with Crippen LogP contribution in [0.25, 0.3) is 0 Å². The normalized spacial score (nSPS) is 15.2. The van der Waals surface area contributed by atoms with Gasteiger partial charge >= 0.3 is 0 Å². The van der Waals surface area contributed by atoms with Gasteiger partial charge in [-0.25, -0.2) is 0 Å². The molecule has 0 saturated heterocycles. The van der Waals surface area contributed by atoms with Gasteiger partial charge < -0.3 is 10.1 Å². The molecule has 0 atom stereocenters. The molecule has 0 radical (unpaired) electrons. The second-order valence-corrected chi connectivity index (χ2v) is 3.65. The smallest absolute Gasteiger partial charge is 0.215 e. The largest absolute Gasteiger partial charge is 0.477 e. The highest BCUT2D eigenvalue weighted by Gasteiger charge is 2.22. The molecule has 0 aromatic carbocycles. The number of rotatable bonds is 5. The molecule has 0 aliphatic heterocycles. The van der Waals surface area contributed by atoms with Crippen molar-refractivity contribution in [3.05, 3.63) is 18.2 Å². The topological polar surface area (TPSA) is 34.1 Å². The van der Waals surface area contributed by atoms with Crippen molar-refractivity contribution in [1.82, 2.24) is 4.98 Å². The lowest BCUT2D eigenvalue weighted by molar-refractivity contribution is 0.289. The van der Waals surface area contributed by atoms with Gasteiger partial charge in [-0.15, -0.1) is 0 Å². The third kappa shape index (κ3) is 2.62. The average molecular weight is 192 g/mol. The summed E-state index contributed by atoms with van der Waals surface area (Å²) in [6, 6.07) is 5.82. The zero-order valence-electron chi connectivity index (χ0n) is 8.49. The minimum atomic E-state index is 0.732. The first-order valence-electron chi connectivity index (χ1n) is 5.22. The molecular weight excluding hydrogens is 176 g/mol. The van der Waals surface area contributed by atoms with E-state index >= 15 is 0 Å². The summed E-state index contributed by atoms with van der Waals surface area (Å²) in [5, 5.41) is 3.16. The lowest BCUT2D eigenvalue weighted by atomic mass is 10.4. The van der Waals surface area contributed by atoms with Crippen molar-refractivity contribution in [2.75, 3.05) is 18.5 Å². The van der Waals surface area contributed by atoms with E-state index in [9.17, 15) is 0 Å². The molecule has 0 unspecified atom stereocenters. The average Bonchev–Trinajstić information content (AvgIpc) is 2.99. The molecule has 3 heteroatoms. The number of anilines is 1. The van der Waals surface area contributed by atoms with Crippen LogP contribution in [0.2, 0.25) is 0 Å². The molecular formula is C11H16N2O. The van der Waals surface area contributed by atoms with Crippen LogP contribution in [0.4, 0.5) is 5.82 Å². The molecule has 3 nitrogen and oxygen atoms in total. The van der Waals surface area contributed by atoms with Crippen molar-refractivity contribution < 1.29 is 4.74 Å². The van der Waals surface area contributed by atoms with Gasteiger partial charge in [0.05, 0.1) is 6.61 Å². The summed E-state index contributed by atoms with van der Waals surface area (Å²) in [6.45, 7) is 3.76. The Hall–Kier alpha value is -1.25. The Morgan fingerprint density at radius 1 is 1.50 bits per heavy atom. The fourth-order valence-corrected chi connectivity index (χ4v) is 1.26. The molecule has 1 aliphatic rings. The lowest BCUT2D eigenvalue weighted by Gasteiger charge is -2.06. The molecule has 1 fully saturated rings.